The summed E-state index contributed by atoms with van der Waals surface area (Å²) in [4.78, 5) is 36.4. The molecular formula is C39H37Cl4LiN2O5S4. The number of carboxylic acid groups (broad SMARTS) is 1. The number of hydrogen-bond donors (Lipinski definition) is 1. The Morgan fingerprint density at radius 3 is 1.49 bits per heavy atom. The van der Waals surface area contributed by atoms with Crippen LogP contribution in [0.25, 0.3) is 22.5 Å². The molecule has 0 radical (unpaired) electrons. The zero-order valence-corrected chi connectivity index (χ0v) is 37.2. The minimum atomic E-state index is -0.890. The molecule has 16 heteroatoms. The fourth-order valence-electron chi connectivity index (χ4n) is 5.44. The van der Waals surface area contributed by atoms with Gasteiger partial charge in [-0.25, -0.2) is 19.6 Å². The summed E-state index contributed by atoms with van der Waals surface area (Å²) in [6.07, 6.45) is 2.96. The molecule has 0 aliphatic carbocycles. The minimum absolute atomic E-state index is 0. The summed E-state index contributed by atoms with van der Waals surface area (Å²) < 4.78 is 4.88. The third-order valence-corrected chi connectivity index (χ3v) is 13.3. The van der Waals surface area contributed by atoms with E-state index in [0.717, 1.165) is 56.5 Å². The van der Waals surface area contributed by atoms with Crippen molar-refractivity contribution in [1.82, 2.24) is 9.97 Å². The zero-order valence-electron chi connectivity index (χ0n) is 30.9. The number of aromatic carboxylic acids is 1. The summed E-state index contributed by atoms with van der Waals surface area (Å²) in [6.45, 7) is 8.71. The van der Waals surface area contributed by atoms with E-state index in [4.69, 9.17) is 61.1 Å². The van der Waals surface area contributed by atoms with Gasteiger partial charge in [0.25, 0.3) is 0 Å². The van der Waals surface area contributed by atoms with E-state index in [1.165, 1.54) is 39.5 Å². The van der Waals surface area contributed by atoms with Gasteiger partial charge in [-0.3, -0.25) is 0 Å². The van der Waals surface area contributed by atoms with Crippen LogP contribution in [-0.2, 0) is 30.4 Å². The van der Waals surface area contributed by atoms with Crippen molar-refractivity contribution in [2.45, 2.75) is 53.4 Å². The second-order valence-corrected chi connectivity index (χ2v) is 18.7. The van der Waals surface area contributed by atoms with E-state index in [1.807, 2.05) is 41.8 Å². The van der Waals surface area contributed by atoms with Crippen LogP contribution in [0.3, 0.4) is 0 Å². The van der Waals surface area contributed by atoms with Gasteiger partial charge in [-0.1, -0.05) is 86.2 Å². The normalized spacial score (nSPS) is 10.8. The maximum Gasteiger partial charge on any atom is 1.00 e. The van der Waals surface area contributed by atoms with Gasteiger partial charge in [0.05, 0.1) is 48.6 Å². The van der Waals surface area contributed by atoms with Crippen LogP contribution in [0, 0.1) is 11.8 Å². The molecule has 0 unspecified atom stereocenters. The largest absolute Gasteiger partial charge is 1.00 e. The van der Waals surface area contributed by atoms with E-state index >= 15 is 0 Å². The molecule has 2 aromatic carbocycles. The third kappa shape index (κ3) is 12.4. The molecule has 2 N–H and O–H groups in total. The predicted molar refractivity (Wildman–Crippen MR) is 227 cm³/mol. The molecule has 286 valence electrons. The maximum atomic E-state index is 11.9. The molecule has 0 amide bonds. The molecule has 0 spiro atoms. The number of rotatable bonds is 12. The van der Waals surface area contributed by atoms with Crippen LogP contribution in [-0.4, -0.2) is 39.6 Å². The Kier molecular flexibility index (Phi) is 18.4. The molecule has 55 heavy (non-hydrogen) atoms. The number of carbonyl (C=O) groups excluding carboxylic acids is 1. The topological polar surface area (TPSA) is 119 Å². The number of esters is 1. The summed E-state index contributed by atoms with van der Waals surface area (Å²) in [5.74, 6) is -0.200. The number of nitrogens with zero attached hydrogens (tertiary/aromatic N) is 2. The summed E-state index contributed by atoms with van der Waals surface area (Å²) in [5.41, 5.74) is 5.48. The van der Waals surface area contributed by atoms with E-state index in [1.54, 1.807) is 40.2 Å². The zero-order chi connectivity index (χ0) is 38.4. The number of ether oxygens (including phenoxy) is 1. The van der Waals surface area contributed by atoms with Gasteiger partial charge in [-0.15, -0.1) is 45.3 Å². The van der Waals surface area contributed by atoms with Crippen molar-refractivity contribution in [3.05, 3.63) is 120 Å². The van der Waals surface area contributed by atoms with Crippen LogP contribution in [0.15, 0.2) is 59.3 Å². The second kappa shape index (κ2) is 21.5. The van der Waals surface area contributed by atoms with Gasteiger partial charge in [-0.05, 0) is 83.0 Å². The van der Waals surface area contributed by atoms with Crippen molar-refractivity contribution < 1.29 is 43.8 Å². The Balaban J connectivity index is 0.000000285. The molecule has 0 atom stereocenters. The molecule has 0 bridgehead atoms. The smallest absolute Gasteiger partial charge is 0.870 e. The number of thiophene rings is 2. The fourth-order valence-corrected chi connectivity index (χ4v) is 10.3. The first kappa shape index (κ1) is 47.1. The third-order valence-electron chi connectivity index (χ3n) is 7.80. The first-order valence-electron chi connectivity index (χ1n) is 16.6. The predicted octanol–water partition coefficient (Wildman–Crippen LogP) is 10.2. The SMILES string of the molecule is CC(C)Cc1sc(Cc2ccsc2C(=O)O)nc1-c1ccc(Cl)c(Cl)c1.COC(=O)c1sccc1Cc1nc(-c2ccc(Cl)c(Cl)c2)c(CC(C)C)s1.[Li+].[OH-]. The number of carbonyl (C=O) groups is 2. The molecular weight excluding hydrogens is 853 g/mol. The molecule has 7 nitrogen and oxygen atoms in total. The first-order valence-corrected chi connectivity index (χ1v) is 21.5. The number of benzene rings is 2. The molecule has 0 saturated heterocycles. The Bertz CT molecular complexity index is 2230. The second-order valence-electron chi connectivity index (χ2n) is 12.9. The van der Waals surface area contributed by atoms with Gasteiger partial charge >= 0.3 is 30.8 Å². The minimum Gasteiger partial charge on any atom is -0.870 e. The van der Waals surface area contributed by atoms with Gasteiger partial charge in [0, 0.05) is 33.7 Å². The molecule has 0 aliphatic heterocycles. The number of aromatic nitrogens is 2. The number of hydrogen-bond acceptors (Lipinski definition) is 10. The van der Waals surface area contributed by atoms with Crippen LogP contribution in [0.4, 0.5) is 0 Å². The van der Waals surface area contributed by atoms with Gasteiger partial charge in [0.2, 0.25) is 0 Å². The van der Waals surface area contributed by atoms with Gasteiger partial charge in [-0.2, -0.15) is 0 Å². The van der Waals surface area contributed by atoms with Gasteiger partial charge in [0.15, 0.2) is 0 Å². The average Bonchev–Trinajstić information content (AvgIpc) is 3.91. The van der Waals surface area contributed by atoms with Crippen molar-refractivity contribution in [3.8, 4) is 22.5 Å². The van der Waals surface area contributed by atoms with Crippen LogP contribution in [0.2, 0.25) is 20.1 Å². The molecule has 6 aromatic rings. The molecule has 4 aromatic heterocycles. The number of thiazole rings is 2. The van der Waals surface area contributed by atoms with Gasteiger partial charge in [0.1, 0.15) is 9.75 Å². The maximum absolute atomic E-state index is 11.9. The number of carboxylic acids is 1. The van der Waals surface area contributed by atoms with Crippen LogP contribution in [0.1, 0.15) is 77.9 Å². The van der Waals surface area contributed by atoms with Crippen LogP contribution < -0.4 is 18.9 Å². The standard InChI is InChI=1S/C20H19Cl2NO2S2.C19H17Cl2NO2S2.Li.H2O/c1-11(2)8-16-18(12-4-5-14(21)15(22)9-12)23-17(27-16)10-13-6-7-26-19(13)20(24)25-3;1-10(2)7-15-17(11-3-4-13(20)14(21)8-11)22-16(26-15)9-12-5-6-25-18(12)19(23)24;;/h4-7,9,11H,8,10H2,1-3H3;3-6,8,10H,7,9H2,1-2H3,(H,23,24);;1H2/q;;+1;/p-1. The average molecular weight is 891 g/mol. The monoisotopic (exact) mass is 888 g/mol. The Morgan fingerprint density at radius 2 is 1.11 bits per heavy atom. The van der Waals surface area contributed by atoms with Crippen molar-refractivity contribution >= 4 is 104 Å². The van der Waals surface area contributed by atoms with Crippen molar-refractivity contribution in [2.75, 3.05) is 7.11 Å². The van der Waals surface area contributed by atoms with E-state index < -0.39 is 5.97 Å². The van der Waals surface area contributed by atoms with E-state index in [0.29, 0.717) is 54.5 Å². The van der Waals surface area contributed by atoms with Crippen molar-refractivity contribution in [2.24, 2.45) is 11.8 Å². The van der Waals surface area contributed by atoms with E-state index in [-0.39, 0.29) is 30.3 Å². The summed E-state index contributed by atoms with van der Waals surface area (Å²) in [7, 11) is 1.40. The number of methoxy groups -OCH3 is 1. The van der Waals surface area contributed by atoms with E-state index in [2.05, 4.69) is 27.7 Å². The van der Waals surface area contributed by atoms with E-state index in [9.17, 15) is 14.7 Å². The summed E-state index contributed by atoms with van der Waals surface area (Å²) in [5, 5.41) is 17.0. The molecule has 4 heterocycles. The quantitative estimate of drug-likeness (QED) is 0.0960. The first-order chi connectivity index (χ1) is 25.2. The summed E-state index contributed by atoms with van der Waals surface area (Å²) in [6, 6.07) is 14.9. The van der Waals surface area contributed by atoms with Crippen molar-refractivity contribution in [3.63, 3.8) is 0 Å². The molecule has 0 aliphatic rings. The Hall–Kier alpha value is -2.24. The number of halogens is 4. The Labute approximate surface area is 369 Å². The molecule has 0 fully saturated rings. The van der Waals surface area contributed by atoms with Crippen molar-refractivity contribution in [1.29, 1.82) is 0 Å². The fraction of sp³-hybridized carbons (Fsp3) is 0.282. The molecule has 6 rings (SSSR count). The summed E-state index contributed by atoms with van der Waals surface area (Å²) >= 11 is 30.4. The Morgan fingerprint density at radius 1 is 0.691 bits per heavy atom. The molecule has 0 saturated carbocycles. The van der Waals surface area contributed by atoms with Crippen LogP contribution >= 0.6 is 91.8 Å². The van der Waals surface area contributed by atoms with Gasteiger partial charge < -0.3 is 15.3 Å². The van der Waals surface area contributed by atoms with Crippen LogP contribution in [0.5, 0.6) is 0 Å².